The van der Waals surface area contributed by atoms with Gasteiger partial charge in [-0.2, -0.15) is 4.37 Å². The van der Waals surface area contributed by atoms with Crippen LogP contribution in [0.4, 0.5) is 9.93 Å². The number of rotatable bonds is 9. The summed E-state index contributed by atoms with van der Waals surface area (Å²) in [5.41, 5.74) is 3.61. The minimum Gasteiger partial charge on any atom is -0.497 e. The molecule has 46 heavy (non-hydrogen) atoms. The zero-order chi connectivity index (χ0) is 32.7. The molecule has 2 aromatic heterocycles. The molecule has 5 aromatic rings. The maximum Gasteiger partial charge on any atom is 0.420 e. The Morgan fingerprint density at radius 1 is 1.20 bits per heavy atom. The zero-order valence-electron chi connectivity index (χ0n) is 24.8. The largest absolute Gasteiger partial charge is 0.497 e. The first-order valence-corrected chi connectivity index (χ1v) is 17.0. The molecular formula is C30H28BrN5O8S2. The van der Waals surface area contributed by atoms with Gasteiger partial charge in [0.1, 0.15) is 22.7 Å². The van der Waals surface area contributed by atoms with Crippen molar-refractivity contribution in [3.05, 3.63) is 92.1 Å². The Morgan fingerprint density at radius 3 is 2.70 bits per heavy atom. The molecule has 0 saturated heterocycles. The van der Waals surface area contributed by atoms with Crippen LogP contribution in [0.5, 0.6) is 11.5 Å². The van der Waals surface area contributed by atoms with E-state index in [2.05, 4.69) is 25.3 Å². The number of aromatic nitrogens is 3. The molecule has 0 spiro atoms. The van der Waals surface area contributed by atoms with Gasteiger partial charge >= 0.3 is 11.8 Å². The third-order valence-corrected chi connectivity index (χ3v) is 11.5. The van der Waals surface area contributed by atoms with Crippen LogP contribution in [0.2, 0.25) is 0 Å². The maximum absolute atomic E-state index is 14.3. The number of halogens is 1. The van der Waals surface area contributed by atoms with E-state index in [9.17, 15) is 23.1 Å². The van der Waals surface area contributed by atoms with Crippen LogP contribution in [-0.4, -0.2) is 59.2 Å². The van der Waals surface area contributed by atoms with Gasteiger partial charge in [-0.1, -0.05) is 18.2 Å². The summed E-state index contributed by atoms with van der Waals surface area (Å²) in [6.07, 6.45) is 0.818. The summed E-state index contributed by atoms with van der Waals surface area (Å²) in [6.45, 7) is 2.27. The standard InChI is InChI=1S/C30H28BrN5O8S2/c1-17(21-6-4-5-18-9-10-34(29(37)38)15-22(18)21)36-24-12-23(31)27(13-26(24)44-30(36)39)46(40,41)35(28-32-16-33-45-28)14-19-7-8-20(42-2)11-25(19)43-3/h4-8,11-13,16-17H,9-10,14-15H2,1-3H3,(H,37,38). The van der Waals surface area contributed by atoms with Crippen LogP contribution in [0, 0.1) is 0 Å². The Kier molecular flexibility index (Phi) is 8.52. The predicted molar refractivity (Wildman–Crippen MR) is 173 cm³/mol. The predicted octanol–water partition coefficient (Wildman–Crippen LogP) is 5.27. The molecule has 1 amide bonds. The van der Waals surface area contributed by atoms with E-state index in [-0.39, 0.29) is 33.2 Å². The Morgan fingerprint density at radius 2 is 2.00 bits per heavy atom. The summed E-state index contributed by atoms with van der Waals surface area (Å²) in [7, 11) is -1.31. The fourth-order valence-corrected chi connectivity index (χ4v) is 8.83. The van der Waals surface area contributed by atoms with Gasteiger partial charge in [-0.25, -0.2) is 27.3 Å². The zero-order valence-corrected chi connectivity index (χ0v) is 28.1. The highest BCUT2D eigenvalue weighted by Gasteiger charge is 2.33. The first-order valence-electron chi connectivity index (χ1n) is 14.0. The number of sulfonamides is 1. The third kappa shape index (κ3) is 5.60. The highest BCUT2D eigenvalue weighted by atomic mass is 79.9. The van der Waals surface area contributed by atoms with Crippen molar-refractivity contribution in [2.45, 2.75) is 37.4 Å². The lowest BCUT2D eigenvalue weighted by Crippen LogP contribution is -2.36. The fourth-order valence-electron chi connectivity index (χ4n) is 5.69. The SMILES string of the molecule is COc1ccc(CN(c2ncns2)S(=O)(=O)c2cc3oc(=O)n(C(C)c4cccc5c4CN(C(=O)O)CC5)c3cc2Br)c(OC)c1. The van der Waals surface area contributed by atoms with E-state index in [0.29, 0.717) is 35.5 Å². The van der Waals surface area contributed by atoms with E-state index in [1.807, 2.05) is 25.1 Å². The molecule has 240 valence electrons. The second-order valence-electron chi connectivity index (χ2n) is 10.5. The Balaban J connectivity index is 1.42. The van der Waals surface area contributed by atoms with E-state index in [1.165, 1.54) is 42.1 Å². The molecule has 1 aliphatic heterocycles. The molecule has 0 radical (unpaired) electrons. The molecule has 1 N–H and O–H groups in total. The Hall–Kier alpha value is -4.41. The van der Waals surface area contributed by atoms with Crippen molar-refractivity contribution in [3.63, 3.8) is 0 Å². The Bertz CT molecular complexity index is 2110. The number of ether oxygens (including phenoxy) is 2. The number of hydrogen-bond acceptors (Lipinski definition) is 10. The highest BCUT2D eigenvalue weighted by Crippen LogP contribution is 2.37. The van der Waals surface area contributed by atoms with E-state index < -0.39 is 27.9 Å². The van der Waals surface area contributed by atoms with Crippen LogP contribution in [-0.2, 0) is 29.5 Å². The highest BCUT2D eigenvalue weighted by molar-refractivity contribution is 9.10. The lowest BCUT2D eigenvalue weighted by molar-refractivity contribution is 0.139. The summed E-state index contributed by atoms with van der Waals surface area (Å²) < 4.78 is 51.8. The molecule has 6 rings (SSSR count). The topological polar surface area (TPSA) is 157 Å². The number of anilines is 1. The number of fused-ring (bicyclic) bond motifs is 2. The average molecular weight is 731 g/mol. The molecule has 0 aliphatic carbocycles. The van der Waals surface area contributed by atoms with E-state index in [1.54, 1.807) is 18.2 Å². The Labute approximate surface area is 276 Å². The summed E-state index contributed by atoms with van der Waals surface area (Å²) >= 11 is 4.35. The van der Waals surface area contributed by atoms with Gasteiger partial charge in [-0.15, -0.1) is 0 Å². The third-order valence-electron chi connectivity index (χ3n) is 8.02. The molecule has 0 bridgehead atoms. The maximum atomic E-state index is 14.3. The van der Waals surface area contributed by atoms with Crippen molar-refractivity contribution in [3.8, 4) is 11.5 Å². The minimum atomic E-state index is -4.31. The fraction of sp³-hybridized carbons (Fsp3) is 0.267. The van der Waals surface area contributed by atoms with Gasteiger partial charge in [-0.3, -0.25) is 4.57 Å². The number of nitrogens with zero attached hydrogens (tertiary/aromatic N) is 5. The van der Waals surface area contributed by atoms with Gasteiger partial charge in [0, 0.05) is 46.8 Å². The van der Waals surface area contributed by atoms with Gasteiger partial charge < -0.3 is 23.9 Å². The van der Waals surface area contributed by atoms with E-state index in [0.717, 1.165) is 32.5 Å². The second-order valence-corrected chi connectivity index (χ2v) is 14.0. The number of hydrogen-bond donors (Lipinski definition) is 1. The molecule has 1 atom stereocenters. The number of methoxy groups -OCH3 is 2. The summed E-state index contributed by atoms with van der Waals surface area (Å²) in [5.74, 6) is 0.282. The molecule has 0 fully saturated rings. The first kappa shape index (κ1) is 31.6. The van der Waals surface area contributed by atoms with Crippen LogP contribution in [0.3, 0.4) is 0 Å². The van der Waals surface area contributed by atoms with Gasteiger partial charge in [0.15, 0.2) is 5.58 Å². The lowest BCUT2D eigenvalue weighted by Gasteiger charge is -2.30. The summed E-state index contributed by atoms with van der Waals surface area (Å²) in [6, 6.07) is 13.1. The van der Waals surface area contributed by atoms with E-state index in [4.69, 9.17) is 13.9 Å². The van der Waals surface area contributed by atoms with Gasteiger partial charge in [0.25, 0.3) is 10.0 Å². The molecule has 0 saturated carbocycles. The van der Waals surface area contributed by atoms with Crippen LogP contribution in [0.15, 0.2) is 73.4 Å². The summed E-state index contributed by atoms with van der Waals surface area (Å²) in [5, 5.41) is 9.72. The molecule has 16 heteroatoms. The average Bonchev–Trinajstić information content (AvgIpc) is 3.69. The number of oxazole rings is 1. The van der Waals surface area contributed by atoms with E-state index >= 15 is 0 Å². The van der Waals surface area contributed by atoms with Crippen LogP contribution >= 0.6 is 27.5 Å². The van der Waals surface area contributed by atoms with Crippen molar-refractivity contribution in [1.29, 1.82) is 0 Å². The number of carboxylic acid groups (broad SMARTS) is 1. The molecule has 3 aromatic carbocycles. The van der Waals surface area contributed by atoms with Gasteiger partial charge in [0.05, 0.1) is 32.3 Å². The molecule has 13 nitrogen and oxygen atoms in total. The first-order chi connectivity index (χ1) is 22.0. The van der Waals surface area contributed by atoms with Gasteiger partial charge in [0.2, 0.25) is 5.13 Å². The smallest absolute Gasteiger partial charge is 0.420 e. The summed E-state index contributed by atoms with van der Waals surface area (Å²) in [4.78, 5) is 30.4. The number of benzene rings is 3. The minimum absolute atomic E-state index is 0.0647. The van der Waals surface area contributed by atoms with Crippen molar-refractivity contribution in [2.75, 3.05) is 25.1 Å². The van der Waals surface area contributed by atoms with Crippen LogP contribution in [0.1, 0.15) is 35.2 Å². The molecule has 1 aliphatic rings. The molecular weight excluding hydrogens is 702 g/mol. The lowest BCUT2D eigenvalue weighted by atomic mass is 9.91. The van der Waals surface area contributed by atoms with Crippen molar-refractivity contribution >= 4 is 59.8 Å². The van der Waals surface area contributed by atoms with Crippen molar-refractivity contribution in [2.24, 2.45) is 0 Å². The second kappa shape index (κ2) is 12.4. The van der Waals surface area contributed by atoms with Crippen LogP contribution in [0.25, 0.3) is 11.1 Å². The van der Waals surface area contributed by atoms with Crippen molar-refractivity contribution in [1.82, 2.24) is 18.8 Å². The normalized spacial score (nSPS) is 13.8. The van der Waals surface area contributed by atoms with Gasteiger partial charge in [-0.05, 0) is 64.2 Å². The monoisotopic (exact) mass is 729 g/mol. The number of amides is 1. The molecule has 3 heterocycles. The number of carbonyl (C=O) groups is 1. The van der Waals surface area contributed by atoms with Crippen molar-refractivity contribution < 1.29 is 32.2 Å². The molecule has 1 unspecified atom stereocenters. The quantitative estimate of drug-likeness (QED) is 0.212. The van der Waals surface area contributed by atoms with Crippen LogP contribution < -0.4 is 19.5 Å².